The smallest absolute Gasteiger partial charge is 0.181 e. The van der Waals surface area contributed by atoms with E-state index in [1.807, 2.05) is 6.92 Å². The van der Waals surface area contributed by atoms with Crippen LogP contribution in [0.1, 0.15) is 24.3 Å². The third kappa shape index (κ3) is 2.58. The highest BCUT2D eigenvalue weighted by Gasteiger charge is 2.28. The second-order valence-electron chi connectivity index (χ2n) is 4.54. The molecule has 0 bridgehead atoms. The molecular weight excluding hydrogens is 192 g/mol. The summed E-state index contributed by atoms with van der Waals surface area (Å²) in [5, 5.41) is 9.19. The predicted molar refractivity (Wildman–Crippen MR) is 56.3 cm³/mol. The van der Waals surface area contributed by atoms with Gasteiger partial charge in [-0.25, -0.2) is 4.98 Å². The Hall–Kier alpha value is -0.870. The second-order valence-corrected chi connectivity index (χ2v) is 4.54. The van der Waals surface area contributed by atoms with Crippen molar-refractivity contribution in [2.45, 2.75) is 32.4 Å². The van der Waals surface area contributed by atoms with Gasteiger partial charge in [-0.15, -0.1) is 0 Å². The van der Waals surface area contributed by atoms with Crippen molar-refractivity contribution in [1.29, 1.82) is 0 Å². The van der Waals surface area contributed by atoms with Crippen molar-refractivity contribution < 1.29 is 9.52 Å². The van der Waals surface area contributed by atoms with E-state index in [4.69, 9.17) is 4.42 Å². The van der Waals surface area contributed by atoms with Crippen LogP contribution < -0.4 is 0 Å². The maximum atomic E-state index is 9.19. The second kappa shape index (κ2) is 4.33. The molecule has 0 saturated heterocycles. The molecule has 2 rings (SSSR count). The van der Waals surface area contributed by atoms with Crippen LogP contribution in [-0.2, 0) is 6.54 Å². The fourth-order valence-corrected chi connectivity index (χ4v) is 2.09. The molecule has 0 atom stereocenters. The van der Waals surface area contributed by atoms with Crippen molar-refractivity contribution in [3.8, 4) is 0 Å². The zero-order chi connectivity index (χ0) is 10.8. The van der Waals surface area contributed by atoms with E-state index in [0.717, 1.165) is 37.4 Å². The molecule has 0 aliphatic heterocycles. The van der Waals surface area contributed by atoms with Crippen molar-refractivity contribution in [2.75, 3.05) is 13.6 Å². The Labute approximate surface area is 89.9 Å². The first-order valence-electron chi connectivity index (χ1n) is 5.40. The number of aryl methyl sites for hydroxylation is 1. The molecule has 1 aromatic heterocycles. The highest BCUT2D eigenvalue weighted by atomic mass is 16.3. The van der Waals surface area contributed by atoms with E-state index >= 15 is 0 Å². The third-order valence-electron chi connectivity index (χ3n) is 3.04. The van der Waals surface area contributed by atoms with Crippen molar-refractivity contribution in [3.63, 3.8) is 0 Å². The molecular formula is C11H18N2O2. The summed E-state index contributed by atoms with van der Waals surface area (Å²) in [6.07, 6.45) is 3.33. The van der Waals surface area contributed by atoms with Crippen LogP contribution in [0.25, 0.3) is 0 Å². The van der Waals surface area contributed by atoms with Gasteiger partial charge in [0.25, 0.3) is 0 Å². The van der Waals surface area contributed by atoms with Crippen molar-refractivity contribution in [3.05, 3.63) is 17.8 Å². The standard InChI is InChI=1S/C11H18N2O2/c1-8-11(12-7-15-8)6-13(2)5-9-3-10(14)4-9/h7,9-10,14H,3-6H2,1-2H3. The van der Waals surface area contributed by atoms with Gasteiger partial charge in [-0.3, -0.25) is 0 Å². The molecule has 1 N–H and O–H groups in total. The molecule has 1 aliphatic carbocycles. The average molecular weight is 210 g/mol. The molecule has 1 fully saturated rings. The molecule has 1 heterocycles. The van der Waals surface area contributed by atoms with Crippen LogP contribution in [0.5, 0.6) is 0 Å². The lowest BCUT2D eigenvalue weighted by atomic mass is 9.82. The number of hydrogen-bond acceptors (Lipinski definition) is 4. The molecule has 15 heavy (non-hydrogen) atoms. The monoisotopic (exact) mass is 210 g/mol. The van der Waals surface area contributed by atoms with Crippen LogP contribution in [0.15, 0.2) is 10.8 Å². The Balaban J connectivity index is 1.77. The maximum absolute atomic E-state index is 9.19. The summed E-state index contributed by atoms with van der Waals surface area (Å²) in [6, 6.07) is 0. The minimum Gasteiger partial charge on any atom is -0.448 e. The zero-order valence-electron chi connectivity index (χ0n) is 9.31. The van der Waals surface area contributed by atoms with Crippen LogP contribution in [-0.4, -0.2) is 34.7 Å². The molecule has 0 unspecified atom stereocenters. The van der Waals surface area contributed by atoms with E-state index < -0.39 is 0 Å². The van der Waals surface area contributed by atoms with Gasteiger partial charge in [0.2, 0.25) is 0 Å². The predicted octanol–water partition coefficient (Wildman–Crippen LogP) is 1.19. The summed E-state index contributed by atoms with van der Waals surface area (Å²) in [7, 11) is 2.08. The van der Waals surface area contributed by atoms with Crippen molar-refractivity contribution in [1.82, 2.24) is 9.88 Å². The van der Waals surface area contributed by atoms with Gasteiger partial charge in [-0.1, -0.05) is 0 Å². The highest BCUT2D eigenvalue weighted by molar-refractivity contribution is 5.04. The fourth-order valence-electron chi connectivity index (χ4n) is 2.09. The van der Waals surface area contributed by atoms with Gasteiger partial charge >= 0.3 is 0 Å². The first-order chi connectivity index (χ1) is 7.15. The number of hydrogen-bond donors (Lipinski definition) is 1. The summed E-state index contributed by atoms with van der Waals surface area (Å²) in [5.41, 5.74) is 1.01. The quantitative estimate of drug-likeness (QED) is 0.811. The lowest BCUT2D eigenvalue weighted by molar-refractivity contribution is 0.0272. The number of aliphatic hydroxyl groups is 1. The minimum absolute atomic E-state index is 0.0582. The largest absolute Gasteiger partial charge is 0.448 e. The Bertz CT molecular complexity index is 318. The SMILES string of the molecule is Cc1ocnc1CN(C)CC1CC(O)C1. The Morgan fingerprint density at radius 3 is 2.87 bits per heavy atom. The molecule has 1 aromatic rings. The topological polar surface area (TPSA) is 49.5 Å². The highest BCUT2D eigenvalue weighted by Crippen LogP contribution is 2.27. The first-order valence-corrected chi connectivity index (χ1v) is 5.40. The summed E-state index contributed by atoms with van der Waals surface area (Å²) >= 11 is 0. The molecule has 1 saturated carbocycles. The zero-order valence-corrected chi connectivity index (χ0v) is 9.31. The van der Waals surface area contributed by atoms with Gasteiger partial charge in [0.05, 0.1) is 11.8 Å². The average Bonchev–Trinajstić information content (AvgIpc) is 2.49. The number of rotatable bonds is 4. The van der Waals surface area contributed by atoms with Crippen molar-refractivity contribution in [2.24, 2.45) is 5.92 Å². The molecule has 4 nitrogen and oxygen atoms in total. The molecule has 0 amide bonds. The van der Waals surface area contributed by atoms with Crippen LogP contribution in [0, 0.1) is 12.8 Å². The van der Waals surface area contributed by atoms with Gasteiger partial charge in [0, 0.05) is 13.1 Å². The first kappa shape index (κ1) is 10.6. The maximum Gasteiger partial charge on any atom is 0.181 e. The van der Waals surface area contributed by atoms with Gasteiger partial charge < -0.3 is 14.4 Å². The van der Waals surface area contributed by atoms with E-state index in [9.17, 15) is 5.11 Å². The summed E-state index contributed by atoms with van der Waals surface area (Å²) in [5.74, 6) is 1.55. The lowest BCUT2D eigenvalue weighted by Gasteiger charge is -2.34. The number of aromatic nitrogens is 1. The third-order valence-corrected chi connectivity index (χ3v) is 3.04. The van der Waals surface area contributed by atoms with Crippen LogP contribution in [0.2, 0.25) is 0 Å². The Morgan fingerprint density at radius 1 is 1.60 bits per heavy atom. The molecule has 4 heteroatoms. The van der Waals surface area contributed by atoms with E-state index in [-0.39, 0.29) is 6.10 Å². The van der Waals surface area contributed by atoms with Gasteiger partial charge in [-0.2, -0.15) is 0 Å². The fraction of sp³-hybridized carbons (Fsp3) is 0.727. The molecule has 0 aromatic carbocycles. The summed E-state index contributed by atoms with van der Waals surface area (Å²) < 4.78 is 5.15. The summed E-state index contributed by atoms with van der Waals surface area (Å²) in [6.45, 7) is 3.79. The van der Waals surface area contributed by atoms with Crippen molar-refractivity contribution >= 4 is 0 Å². The van der Waals surface area contributed by atoms with Gasteiger partial charge in [-0.05, 0) is 32.7 Å². The van der Waals surface area contributed by atoms with Crippen LogP contribution in [0.4, 0.5) is 0 Å². The van der Waals surface area contributed by atoms with Gasteiger partial charge in [0.15, 0.2) is 6.39 Å². The molecule has 84 valence electrons. The molecule has 0 spiro atoms. The van der Waals surface area contributed by atoms with Crippen LogP contribution in [0.3, 0.4) is 0 Å². The lowest BCUT2D eigenvalue weighted by Crippen LogP contribution is -2.36. The molecule has 1 aliphatic rings. The minimum atomic E-state index is -0.0582. The Kier molecular flexibility index (Phi) is 3.07. The Morgan fingerprint density at radius 2 is 2.33 bits per heavy atom. The number of oxazole rings is 1. The van der Waals surface area contributed by atoms with E-state index in [1.54, 1.807) is 0 Å². The number of nitrogens with zero attached hydrogens (tertiary/aromatic N) is 2. The van der Waals surface area contributed by atoms with Crippen LogP contribution >= 0.6 is 0 Å². The van der Waals surface area contributed by atoms with E-state index in [0.29, 0.717) is 5.92 Å². The molecule has 0 radical (unpaired) electrons. The number of aliphatic hydroxyl groups excluding tert-OH is 1. The van der Waals surface area contributed by atoms with E-state index in [1.165, 1.54) is 6.39 Å². The van der Waals surface area contributed by atoms with Gasteiger partial charge in [0.1, 0.15) is 5.76 Å². The summed E-state index contributed by atoms with van der Waals surface area (Å²) in [4.78, 5) is 6.40. The normalized spacial score (nSPS) is 25.6. The van der Waals surface area contributed by atoms with E-state index in [2.05, 4.69) is 16.9 Å².